The highest BCUT2D eigenvalue weighted by molar-refractivity contribution is 5.08. The summed E-state index contributed by atoms with van der Waals surface area (Å²) < 4.78 is 0. The van der Waals surface area contributed by atoms with Gasteiger partial charge < -0.3 is 10.4 Å². The highest BCUT2D eigenvalue weighted by Crippen LogP contribution is 2.34. The maximum atomic E-state index is 10.1. The zero-order valence-corrected chi connectivity index (χ0v) is 7.72. The number of nitriles is 1. The molecule has 0 aromatic rings. The zero-order chi connectivity index (χ0) is 9.24. The van der Waals surface area contributed by atoms with Gasteiger partial charge in [0.2, 0.25) is 0 Å². The van der Waals surface area contributed by atoms with E-state index in [1.807, 2.05) is 0 Å². The van der Waals surface area contributed by atoms with Crippen LogP contribution in [0.5, 0.6) is 0 Å². The van der Waals surface area contributed by atoms with Crippen LogP contribution in [0.15, 0.2) is 0 Å². The molecule has 0 spiro atoms. The predicted octanol–water partition coefficient (Wildman–Crippen LogP) is 0.651. The fourth-order valence-electron chi connectivity index (χ4n) is 1.53. The van der Waals surface area contributed by atoms with Gasteiger partial charge in [-0.1, -0.05) is 0 Å². The van der Waals surface area contributed by atoms with Gasteiger partial charge in [-0.2, -0.15) is 5.26 Å². The van der Waals surface area contributed by atoms with E-state index in [-0.39, 0.29) is 0 Å². The van der Waals surface area contributed by atoms with E-state index in [1.165, 1.54) is 0 Å². The molecule has 1 heterocycles. The third-order valence-corrected chi connectivity index (χ3v) is 2.80. The number of nitrogens with zero attached hydrogens (tertiary/aromatic N) is 1. The van der Waals surface area contributed by atoms with Crippen LogP contribution < -0.4 is 5.32 Å². The normalized spacial score (nSPS) is 31.2. The summed E-state index contributed by atoms with van der Waals surface area (Å²) >= 11 is 0. The van der Waals surface area contributed by atoms with Crippen LogP contribution in [-0.2, 0) is 0 Å². The number of aliphatic hydroxyl groups is 1. The number of nitrogens with one attached hydrogen (secondary N) is 1. The fourth-order valence-corrected chi connectivity index (χ4v) is 1.53. The number of β-amino-alcohol motifs (C(OH)–C–C–N with tert-alkyl or cyclic N) is 1. The molecule has 12 heavy (non-hydrogen) atoms. The van der Waals surface area contributed by atoms with Crippen LogP contribution in [0.3, 0.4) is 0 Å². The van der Waals surface area contributed by atoms with E-state index in [2.05, 4.69) is 11.4 Å². The molecule has 2 N–H and O–H groups in total. The van der Waals surface area contributed by atoms with Gasteiger partial charge in [0.15, 0.2) is 0 Å². The minimum absolute atomic E-state index is 0.535. The summed E-state index contributed by atoms with van der Waals surface area (Å²) in [4.78, 5) is 0. The molecule has 0 amide bonds. The Hall–Kier alpha value is -0.590. The van der Waals surface area contributed by atoms with E-state index < -0.39 is 11.0 Å². The van der Waals surface area contributed by atoms with Crippen molar-refractivity contribution in [3.05, 3.63) is 0 Å². The van der Waals surface area contributed by atoms with E-state index in [1.54, 1.807) is 13.8 Å². The Morgan fingerprint density at radius 1 is 1.58 bits per heavy atom. The van der Waals surface area contributed by atoms with E-state index in [0.29, 0.717) is 6.54 Å². The minimum Gasteiger partial charge on any atom is -0.387 e. The van der Waals surface area contributed by atoms with Gasteiger partial charge in [-0.25, -0.2) is 0 Å². The number of piperidine rings is 1. The van der Waals surface area contributed by atoms with Gasteiger partial charge in [-0.15, -0.1) is 0 Å². The third kappa shape index (κ3) is 1.45. The topological polar surface area (TPSA) is 56.0 Å². The van der Waals surface area contributed by atoms with Crippen LogP contribution in [0.1, 0.15) is 26.7 Å². The molecule has 1 aliphatic rings. The average molecular weight is 168 g/mol. The molecule has 1 unspecified atom stereocenters. The molecule has 0 radical (unpaired) electrons. The monoisotopic (exact) mass is 168 g/mol. The van der Waals surface area contributed by atoms with Crippen LogP contribution in [0.25, 0.3) is 0 Å². The van der Waals surface area contributed by atoms with Crippen molar-refractivity contribution in [1.29, 1.82) is 5.26 Å². The molecule has 1 fully saturated rings. The Balaban J connectivity index is 2.76. The largest absolute Gasteiger partial charge is 0.387 e. The van der Waals surface area contributed by atoms with Gasteiger partial charge in [0.25, 0.3) is 0 Å². The number of hydrogen-bond donors (Lipinski definition) is 2. The van der Waals surface area contributed by atoms with Crippen LogP contribution in [0, 0.1) is 16.7 Å². The molecular formula is C9H16N2O. The third-order valence-electron chi connectivity index (χ3n) is 2.80. The summed E-state index contributed by atoms with van der Waals surface area (Å²) in [5.41, 5.74) is -1.50. The van der Waals surface area contributed by atoms with Crippen molar-refractivity contribution in [2.24, 2.45) is 5.41 Å². The number of hydrogen-bond acceptors (Lipinski definition) is 3. The fraction of sp³-hybridized carbons (Fsp3) is 0.889. The lowest BCUT2D eigenvalue weighted by molar-refractivity contribution is -0.0559. The Bertz CT molecular complexity index is 199. The van der Waals surface area contributed by atoms with Crippen molar-refractivity contribution >= 4 is 0 Å². The standard InChI is InChI=1S/C9H16N2O/c1-8(2,6-10)9(12)4-3-5-11-7-9/h11-12H,3-5,7H2,1-2H3. The summed E-state index contributed by atoms with van der Waals surface area (Å²) in [5, 5.41) is 22.1. The summed E-state index contributed by atoms with van der Waals surface area (Å²) in [6.45, 7) is 5.07. The Morgan fingerprint density at radius 3 is 2.67 bits per heavy atom. The molecule has 1 atom stereocenters. The highest BCUT2D eigenvalue weighted by Gasteiger charge is 2.44. The van der Waals surface area contributed by atoms with Crippen molar-refractivity contribution < 1.29 is 5.11 Å². The second-order valence-corrected chi connectivity index (χ2v) is 4.05. The molecule has 0 aromatic heterocycles. The zero-order valence-electron chi connectivity index (χ0n) is 7.72. The molecule has 1 rings (SSSR count). The summed E-state index contributed by atoms with van der Waals surface area (Å²) in [7, 11) is 0. The van der Waals surface area contributed by atoms with Crippen molar-refractivity contribution in [1.82, 2.24) is 5.32 Å². The maximum absolute atomic E-state index is 10.1. The Labute approximate surface area is 73.4 Å². The first-order chi connectivity index (χ1) is 5.52. The molecule has 68 valence electrons. The van der Waals surface area contributed by atoms with E-state index >= 15 is 0 Å². The lowest BCUT2D eigenvalue weighted by atomic mass is 9.72. The molecular weight excluding hydrogens is 152 g/mol. The van der Waals surface area contributed by atoms with Crippen LogP contribution >= 0.6 is 0 Å². The van der Waals surface area contributed by atoms with Crippen molar-refractivity contribution in [2.45, 2.75) is 32.3 Å². The lowest BCUT2D eigenvalue weighted by Gasteiger charge is -2.41. The van der Waals surface area contributed by atoms with Crippen LogP contribution in [0.2, 0.25) is 0 Å². The molecule has 0 aliphatic carbocycles. The van der Waals surface area contributed by atoms with Crippen molar-refractivity contribution in [3.63, 3.8) is 0 Å². The first kappa shape index (κ1) is 9.50. The van der Waals surface area contributed by atoms with Gasteiger partial charge >= 0.3 is 0 Å². The second-order valence-electron chi connectivity index (χ2n) is 4.05. The van der Waals surface area contributed by atoms with Crippen molar-refractivity contribution in [3.8, 4) is 6.07 Å². The Kier molecular flexibility index (Phi) is 2.41. The molecule has 1 saturated heterocycles. The van der Waals surface area contributed by atoms with E-state index in [4.69, 9.17) is 5.26 Å². The highest BCUT2D eigenvalue weighted by atomic mass is 16.3. The van der Waals surface area contributed by atoms with Crippen LogP contribution in [0.4, 0.5) is 0 Å². The quantitative estimate of drug-likeness (QED) is 0.604. The Morgan fingerprint density at radius 2 is 2.25 bits per heavy atom. The molecule has 0 bridgehead atoms. The lowest BCUT2D eigenvalue weighted by Crippen LogP contribution is -2.54. The summed E-state index contributed by atoms with van der Waals surface area (Å²) in [5.74, 6) is 0. The van der Waals surface area contributed by atoms with Crippen molar-refractivity contribution in [2.75, 3.05) is 13.1 Å². The van der Waals surface area contributed by atoms with Gasteiger partial charge in [-0.05, 0) is 33.2 Å². The first-order valence-corrected chi connectivity index (χ1v) is 4.36. The first-order valence-electron chi connectivity index (χ1n) is 4.36. The maximum Gasteiger partial charge on any atom is 0.0951 e. The molecule has 0 saturated carbocycles. The van der Waals surface area contributed by atoms with E-state index in [0.717, 1.165) is 19.4 Å². The molecule has 1 aliphatic heterocycles. The second kappa shape index (κ2) is 3.04. The minimum atomic E-state index is -0.847. The van der Waals surface area contributed by atoms with Gasteiger partial charge in [0.1, 0.15) is 0 Å². The van der Waals surface area contributed by atoms with Gasteiger partial charge in [0.05, 0.1) is 17.1 Å². The predicted molar refractivity (Wildman–Crippen MR) is 46.4 cm³/mol. The van der Waals surface area contributed by atoms with E-state index in [9.17, 15) is 5.11 Å². The smallest absolute Gasteiger partial charge is 0.0951 e. The molecule has 0 aromatic carbocycles. The van der Waals surface area contributed by atoms with Crippen LogP contribution in [-0.4, -0.2) is 23.8 Å². The summed E-state index contributed by atoms with van der Waals surface area (Å²) in [6, 6.07) is 2.16. The molecule has 3 nitrogen and oxygen atoms in total. The average Bonchev–Trinajstić information content (AvgIpc) is 2.06. The SMILES string of the molecule is CC(C)(C#N)C1(O)CCCNC1. The molecule has 3 heteroatoms. The summed E-state index contributed by atoms with van der Waals surface area (Å²) in [6.07, 6.45) is 1.67. The van der Waals surface area contributed by atoms with Gasteiger partial charge in [0, 0.05) is 6.54 Å². The van der Waals surface area contributed by atoms with Gasteiger partial charge in [-0.3, -0.25) is 0 Å². The number of rotatable bonds is 1.